The van der Waals surface area contributed by atoms with Crippen molar-refractivity contribution in [1.82, 2.24) is 0 Å². The average Bonchev–Trinajstić information content (AvgIpc) is 3.22. The van der Waals surface area contributed by atoms with Crippen molar-refractivity contribution in [1.29, 1.82) is 0 Å². The molecule has 0 spiro atoms. The van der Waals surface area contributed by atoms with Gasteiger partial charge in [-0.2, -0.15) is 4.98 Å². The molecule has 6 heteroatoms. The Hall–Kier alpha value is -1.56. The molecule has 0 amide bonds. The quantitative estimate of drug-likeness (QED) is 0.770. The van der Waals surface area contributed by atoms with E-state index in [0.717, 1.165) is 49.2 Å². The lowest BCUT2D eigenvalue weighted by Gasteiger charge is -2.30. The fraction of sp³-hybridized carbons (Fsp3) is 0.571. The van der Waals surface area contributed by atoms with Gasteiger partial charge in [0.15, 0.2) is 0 Å². The molecule has 146 valence electrons. The zero-order valence-corrected chi connectivity index (χ0v) is 16.9. The number of quaternary nitrogens is 1. The highest BCUT2D eigenvalue weighted by molar-refractivity contribution is 6.30. The second kappa shape index (κ2) is 8.63. The number of nitrogens with one attached hydrogen (secondary N) is 1. The van der Waals surface area contributed by atoms with Crippen LogP contribution in [0.3, 0.4) is 0 Å². The third kappa shape index (κ3) is 4.15. The van der Waals surface area contributed by atoms with E-state index in [4.69, 9.17) is 21.1 Å². The van der Waals surface area contributed by atoms with E-state index in [0.29, 0.717) is 6.10 Å². The van der Waals surface area contributed by atoms with Crippen molar-refractivity contribution in [3.63, 3.8) is 0 Å². The molecule has 3 heterocycles. The van der Waals surface area contributed by atoms with E-state index in [1.54, 1.807) is 7.11 Å². The Morgan fingerprint density at radius 2 is 2.11 bits per heavy atom. The van der Waals surface area contributed by atoms with Gasteiger partial charge in [-0.05, 0) is 55.8 Å². The van der Waals surface area contributed by atoms with Gasteiger partial charge in [0.1, 0.15) is 30.5 Å². The number of pyridine rings is 1. The first-order valence-electron chi connectivity index (χ1n) is 10.2. The number of halogens is 1. The Bertz CT molecular complexity index is 787. The van der Waals surface area contributed by atoms with Crippen LogP contribution in [0.25, 0.3) is 10.9 Å². The van der Waals surface area contributed by atoms with Gasteiger partial charge in [-0.25, -0.2) is 0 Å². The lowest BCUT2D eigenvalue weighted by molar-refractivity contribution is -0.676. The molecule has 2 fully saturated rings. The Kier molecular flexibility index (Phi) is 6.01. The molecular weight excluding hydrogens is 362 g/mol. The third-order valence-electron chi connectivity index (χ3n) is 5.75. The average molecular weight is 392 g/mol. The molecule has 0 radical (unpaired) electrons. The zero-order valence-electron chi connectivity index (χ0n) is 16.1. The molecule has 2 aliphatic rings. The maximum atomic E-state index is 6.73. The number of H-pyrrole nitrogens is 1. The topological polar surface area (TPSA) is 52.5 Å². The molecule has 1 aromatic heterocycles. The molecule has 3 N–H and O–H groups in total. The molecular formula is C21H30ClN3O2+2. The highest BCUT2D eigenvalue weighted by Gasteiger charge is 2.26. The van der Waals surface area contributed by atoms with Crippen molar-refractivity contribution in [2.45, 2.75) is 44.8 Å². The number of hydrogen-bond acceptors (Lipinski definition) is 3. The normalized spacial score (nSPS) is 20.4. The fourth-order valence-corrected chi connectivity index (χ4v) is 4.59. The Morgan fingerprint density at radius 3 is 2.85 bits per heavy atom. The number of nitrogens with two attached hydrogens (primary N) is 1. The number of hydrogen-bond donors (Lipinski definition) is 1. The van der Waals surface area contributed by atoms with E-state index >= 15 is 0 Å². The molecule has 4 rings (SSSR count). The number of ether oxygens (including phenoxy) is 2. The monoisotopic (exact) mass is 391 g/mol. The largest absolute Gasteiger partial charge is 0.497 e. The first-order valence-corrected chi connectivity index (χ1v) is 10.5. The summed E-state index contributed by atoms with van der Waals surface area (Å²) in [6.45, 7) is 4.93. The van der Waals surface area contributed by atoms with Crippen LogP contribution in [0, 0.1) is 0 Å². The number of nitrogens with zero attached hydrogens (tertiary/aromatic N) is 1. The van der Waals surface area contributed by atoms with Crippen LogP contribution >= 0.6 is 11.6 Å². The van der Waals surface area contributed by atoms with E-state index in [2.05, 4.69) is 27.3 Å². The number of benzene rings is 1. The van der Waals surface area contributed by atoms with Crippen LogP contribution in [0.4, 0.5) is 5.69 Å². The Morgan fingerprint density at radius 1 is 1.26 bits per heavy atom. The number of fused-ring (bicyclic) bond motifs is 1. The first-order chi connectivity index (χ1) is 13.3. The van der Waals surface area contributed by atoms with Gasteiger partial charge >= 0.3 is 0 Å². The number of aromatic amines is 1. The summed E-state index contributed by atoms with van der Waals surface area (Å²) in [5, 5.41) is 4.28. The van der Waals surface area contributed by atoms with Crippen LogP contribution in [0.5, 0.6) is 5.75 Å². The summed E-state index contributed by atoms with van der Waals surface area (Å²) in [5.74, 6) is 0.880. The molecule has 5 nitrogen and oxygen atoms in total. The number of anilines is 1. The number of rotatable bonds is 6. The van der Waals surface area contributed by atoms with Gasteiger partial charge in [0.25, 0.3) is 5.15 Å². The third-order valence-corrected chi connectivity index (χ3v) is 6.07. The van der Waals surface area contributed by atoms with Crippen molar-refractivity contribution >= 4 is 28.2 Å². The highest BCUT2D eigenvalue weighted by atomic mass is 35.5. The minimum absolute atomic E-state index is 0.381. The van der Waals surface area contributed by atoms with Gasteiger partial charge in [0.05, 0.1) is 18.2 Å². The minimum atomic E-state index is 0.381. The van der Waals surface area contributed by atoms with Gasteiger partial charge < -0.3 is 19.7 Å². The standard InChI is InChI=1S/C21H28ClN3O2/c1-26-15-7-8-19-17(12-15)20(25-9-3-2-4-10-25)18(21(22)24-19)14-23-13-16-6-5-11-27-16/h7-8,12,16,23H,2-6,9-11,13-14H2,1H3/p+2/t16-/m1/s1. The molecule has 0 unspecified atom stereocenters. The minimum Gasteiger partial charge on any atom is -0.497 e. The summed E-state index contributed by atoms with van der Waals surface area (Å²) in [4.78, 5) is 5.91. The molecule has 2 saturated heterocycles. The molecule has 0 saturated carbocycles. The summed E-state index contributed by atoms with van der Waals surface area (Å²) < 4.78 is 11.3. The van der Waals surface area contributed by atoms with Gasteiger partial charge in [-0.1, -0.05) is 0 Å². The van der Waals surface area contributed by atoms with Gasteiger partial charge in [0, 0.05) is 25.8 Å². The maximum absolute atomic E-state index is 6.73. The van der Waals surface area contributed by atoms with Gasteiger partial charge in [-0.15, -0.1) is 0 Å². The van der Waals surface area contributed by atoms with Crippen molar-refractivity contribution in [3.05, 3.63) is 28.9 Å². The lowest BCUT2D eigenvalue weighted by Crippen LogP contribution is -2.84. The molecule has 0 aliphatic carbocycles. The Balaban J connectivity index is 1.69. The summed E-state index contributed by atoms with van der Waals surface area (Å²) in [6, 6.07) is 6.18. The summed E-state index contributed by atoms with van der Waals surface area (Å²) in [6.07, 6.45) is 6.52. The molecule has 27 heavy (non-hydrogen) atoms. The van der Waals surface area contributed by atoms with Crippen molar-refractivity contribution < 1.29 is 19.8 Å². The van der Waals surface area contributed by atoms with Crippen LogP contribution in [0.15, 0.2) is 18.2 Å². The van der Waals surface area contributed by atoms with E-state index in [1.165, 1.54) is 48.7 Å². The van der Waals surface area contributed by atoms with Crippen LogP contribution in [0.2, 0.25) is 5.15 Å². The van der Waals surface area contributed by atoms with Crippen LogP contribution in [0.1, 0.15) is 37.7 Å². The zero-order chi connectivity index (χ0) is 18.6. The second-order valence-corrected chi connectivity index (χ2v) is 7.97. The van der Waals surface area contributed by atoms with E-state index in [-0.39, 0.29) is 0 Å². The highest BCUT2D eigenvalue weighted by Crippen LogP contribution is 2.35. The smallest absolute Gasteiger partial charge is 0.284 e. The maximum Gasteiger partial charge on any atom is 0.284 e. The van der Waals surface area contributed by atoms with Crippen LogP contribution in [-0.4, -0.2) is 39.5 Å². The first kappa shape index (κ1) is 18.8. The predicted octanol–water partition coefficient (Wildman–Crippen LogP) is 2.55. The molecule has 1 aromatic carbocycles. The molecule has 0 bridgehead atoms. The fourth-order valence-electron chi connectivity index (χ4n) is 4.32. The van der Waals surface area contributed by atoms with Gasteiger partial charge in [-0.3, -0.25) is 0 Å². The number of piperidine rings is 1. The molecule has 2 aliphatic heterocycles. The summed E-state index contributed by atoms with van der Waals surface area (Å²) >= 11 is 6.73. The van der Waals surface area contributed by atoms with Crippen molar-refractivity contribution in [2.24, 2.45) is 0 Å². The predicted molar refractivity (Wildman–Crippen MR) is 108 cm³/mol. The van der Waals surface area contributed by atoms with E-state index < -0.39 is 0 Å². The van der Waals surface area contributed by atoms with Crippen molar-refractivity contribution in [3.8, 4) is 5.75 Å². The van der Waals surface area contributed by atoms with Crippen LogP contribution < -0.4 is 19.9 Å². The Labute approximate surface area is 166 Å². The lowest BCUT2D eigenvalue weighted by atomic mass is 10.0. The second-order valence-electron chi connectivity index (χ2n) is 7.59. The van der Waals surface area contributed by atoms with E-state index in [9.17, 15) is 0 Å². The van der Waals surface area contributed by atoms with Crippen molar-refractivity contribution in [2.75, 3.05) is 38.3 Å². The number of aromatic nitrogens is 1. The van der Waals surface area contributed by atoms with Gasteiger partial charge in [0.2, 0.25) is 5.52 Å². The molecule has 1 atom stereocenters. The number of methoxy groups -OCH3 is 1. The SMILES string of the molecule is COc1ccc2[nH+]c(Cl)c(C[NH2+]C[C@H]3CCCO3)c(N3CCCCC3)c2c1. The summed E-state index contributed by atoms with van der Waals surface area (Å²) in [7, 11) is 1.72. The van der Waals surface area contributed by atoms with Crippen LogP contribution in [-0.2, 0) is 11.3 Å². The van der Waals surface area contributed by atoms with E-state index in [1.807, 2.05) is 6.07 Å². The molecule has 2 aromatic rings. The summed E-state index contributed by atoms with van der Waals surface area (Å²) in [5.41, 5.74) is 3.53.